The van der Waals surface area contributed by atoms with E-state index in [-0.39, 0.29) is 5.91 Å². The number of carbonyl (C=O) groups is 1. The van der Waals surface area contributed by atoms with Gasteiger partial charge in [0.25, 0.3) is 5.91 Å². The minimum atomic E-state index is -0.420. The van der Waals surface area contributed by atoms with E-state index in [4.69, 9.17) is 5.73 Å². The highest BCUT2D eigenvalue weighted by Gasteiger charge is 2.24. The van der Waals surface area contributed by atoms with E-state index in [0.29, 0.717) is 54.4 Å². The monoisotopic (exact) mass is 443 g/mol. The van der Waals surface area contributed by atoms with Crippen LogP contribution in [0.2, 0.25) is 0 Å². The minimum Gasteiger partial charge on any atom is -0.383 e. The molecule has 4 rings (SSSR count). The first-order chi connectivity index (χ1) is 13.5. The number of fused-ring (bicyclic) bond motifs is 1. The number of piperazine rings is 1. The van der Waals surface area contributed by atoms with E-state index in [1.165, 1.54) is 12.1 Å². The molecule has 1 fully saturated rings. The van der Waals surface area contributed by atoms with Gasteiger partial charge in [0.15, 0.2) is 0 Å². The van der Waals surface area contributed by atoms with E-state index >= 15 is 0 Å². The maximum Gasteiger partial charge on any atom is 0.255 e. The highest BCUT2D eigenvalue weighted by Crippen LogP contribution is 2.21. The largest absolute Gasteiger partial charge is 0.383 e. The van der Waals surface area contributed by atoms with Crippen molar-refractivity contribution in [3.8, 4) is 0 Å². The van der Waals surface area contributed by atoms with Crippen molar-refractivity contribution in [2.75, 3.05) is 31.9 Å². The highest BCUT2D eigenvalue weighted by molar-refractivity contribution is 9.10. The number of halogens is 2. The lowest BCUT2D eigenvalue weighted by atomic mass is 10.1. The van der Waals surface area contributed by atoms with Gasteiger partial charge in [-0.25, -0.2) is 14.4 Å². The third-order valence-electron chi connectivity index (χ3n) is 4.86. The van der Waals surface area contributed by atoms with Gasteiger partial charge < -0.3 is 10.6 Å². The van der Waals surface area contributed by atoms with Crippen LogP contribution in [-0.4, -0.2) is 51.9 Å². The molecule has 3 aromatic rings. The van der Waals surface area contributed by atoms with Crippen LogP contribution in [0.15, 0.2) is 46.9 Å². The van der Waals surface area contributed by atoms with Crippen LogP contribution < -0.4 is 5.73 Å². The predicted molar refractivity (Wildman–Crippen MR) is 109 cm³/mol. The van der Waals surface area contributed by atoms with Gasteiger partial charge >= 0.3 is 0 Å². The van der Waals surface area contributed by atoms with E-state index in [2.05, 4.69) is 30.8 Å². The third-order valence-corrected chi connectivity index (χ3v) is 5.55. The maximum atomic E-state index is 13.5. The Morgan fingerprint density at radius 1 is 1.11 bits per heavy atom. The van der Waals surface area contributed by atoms with Crippen molar-refractivity contribution in [2.24, 2.45) is 0 Å². The standard InChI is InChI=1S/C20H19BrFN5O/c21-16-6-5-13(22)11-15(16)20(28)27-9-7-26(8-10-27)12-18-24-17-4-2-1-3-14(17)19(23)25-18/h1-6,11H,7-10,12H2,(H2,23,24,25). The molecule has 0 unspecified atom stereocenters. The summed E-state index contributed by atoms with van der Waals surface area (Å²) < 4.78 is 14.1. The number of rotatable bonds is 3. The molecule has 0 aliphatic carbocycles. The Labute approximate surface area is 170 Å². The zero-order chi connectivity index (χ0) is 19.7. The molecule has 28 heavy (non-hydrogen) atoms. The third kappa shape index (κ3) is 3.83. The normalized spacial score (nSPS) is 15.1. The van der Waals surface area contributed by atoms with Gasteiger partial charge in [-0.15, -0.1) is 0 Å². The molecule has 8 heteroatoms. The number of amides is 1. The Kier molecular flexibility index (Phi) is 5.23. The Morgan fingerprint density at radius 3 is 2.64 bits per heavy atom. The molecule has 2 heterocycles. The summed E-state index contributed by atoms with van der Waals surface area (Å²) in [6.07, 6.45) is 0. The predicted octanol–water partition coefficient (Wildman–Crippen LogP) is 3.07. The van der Waals surface area contributed by atoms with Gasteiger partial charge in [0, 0.05) is 36.0 Å². The SMILES string of the molecule is Nc1nc(CN2CCN(C(=O)c3cc(F)ccc3Br)CC2)nc2ccccc12. The van der Waals surface area contributed by atoms with Crippen LogP contribution in [0.4, 0.5) is 10.2 Å². The summed E-state index contributed by atoms with van der Waals surface area (Å²) in [6.45, 7) is 3.07. The quantitative estimate of drug-likeness (QED) is 0.672. The van der Waals surface area contributed by atoms with E-state index < -0.39 is 5.82 Å². The summed E-state index contributed by atoms with van der Waals surface area (Å²) >= 11 is 3.33. The number of nitrogen functional groups attached to an aromatic ring is 1. The van der Waals surface area contributed by atoms with Crippen LogP contribution in [0.5, 0.6) is 0 Å². The molecule has 2 N–H and O–H groups in total. The number of anilines is 1. The van der Waals surface area contributed by atoms with Crippen molar-refractivity contribution >= 4 is 38.6 Å². The number of carbonyl (C=O) groups excluding carboxylic acids is 1. The summed E-state index contributed by atoms with van der Waals surface area (Å²) in [5, 5.41) is 0.849. The molecule has 1 aliphatic rings. The first-order valence-electron chi connectivity index (χ1n) is 8.99. The van der Waals surface area contributed by atoms with Crippen molar-refractivity contribution in [1.82, 2.24) is 19.8 Å². The smallest absolute Gasteiger partial charge is 0.255 e. The van der Waals surface area contributed by atoms with Gasteiger partial charge in [-0.05, 0) is 46.3 Å². The number of aromatic nitrogens is 2. The number of nitrogens with two attached hydrogens (primary N) is 1. The fraction of sp³-hybridized carbons (Fsp3) is 0.250. The second-order valence-electron chi connectivity index (χ2n) is 6.73. The van der Waals surface area contributed by atoms with E-state index in [1.54, 1.807) is 11.0 Å². The molecule has 0 atom stereocenters. The van der Waals surface area contributed by atoms with Gasteiger partial charge in [0.1, 0.15) is 17.5 Å². The summed E-state index contributed by atoms with van der Waals surface area (Å²) in [7, 11) is 0. The number of hydrogen-bond donors (Lipinski definition) is 1. The first-order valence-corrected chi connectivity index (χ1v) is 9.78. The Hall–Kier alpha value is -2.58. The summed E-state index contributed by atoms with van der Waals surface area (Å²) in [5.74, 6) is 0.558. The number of nitrogens with zero attached hydrogens (tertiary/aromatic N) is 4. The summed E-state index contributed by atoms with van der Waals surface area (Å²) in [5.41, 5.74) is 7.23. The van der Waals surface area contributed by atoms with Gasteiger partial charge in [-0.3, -0.25) is 9.69 Å². The van der Waals surface area contributed by atoms with E-state index in [0.717, 1.165) is 10.9 Å². The average molecular weight is 444 g/mol. The molecule has 0 saturated carbocycles. The lowest BCUT2D eigenvalue weighted by molar-refractivity contribution is 0.0624. The van der Waals surface area contributed by atoms with Crippen molar-refractivity contribution in [1.29, 1.82) is 0 Å². The maximum absolute atomic E-state index is 13.5. The molecule has 6 nitrogen and oxygen atoms in total. The minimum absolute atomic E-state index is 0.169. The molecule has 1 amide bonds. The van der Waals surface area contributed by atoms with E-state index in [9.17, 15) is 9.18 Å². The van der Waals surface area contributed by atoms with Crippen LogP contribution in [0.25, 0.3) is 10.9 Å². The van der Waals surface area contributed by atoms with Gasteiger partial charge in [-0.1, -0.05) is 12.1 Å². The molecule has 144 valence electrons. The molecule has 1 aliphatic heterocycles. The Morgan fingerprint density at radius 2 is 1.86 bits per heavy atom. The van der Waals surface area contributed by atoms with Gasteiger partial charge in [0.05, 0.1) is 17.6 Å². The van der Waals surface area contributed by atoms with Crippen molar-refractivity contribution in [3.63, 3.8) is 0 Å². The fourth-order valence-corrected chi connectivity index (χ4v) is 3.78. The van der Waals surface area contributed by atoms with Crippen molar-refractivity contribution in [3.05, 3.63) is 64.1 Å². The zero-order valence-electron chi connectivity index (χ0n) is 15.1. The lowest BCUT2D eigenvalue weighted by Gasteiger charge is -2.34. The lowest BCUT2D eigenvalue weighted by Crippen LogP contribution is -2.48. The molecular formula is C20H19BrFN5O. The van der Waals surface area contributed by atoms with Gasteiger partial charge in [0.2, 0.25) is 0 Å². The number of benzene rings is 2. The molecule has 0 spiro atoms. The Bertz CT molecular complexity index is 1040. The second kappa shape index (κ2) is 7.81. The van der Waals surface area contributed by atoms with Crippen LogP contribution in [0.1, 0.15) is 16.2 Å². The first kappa shape index (κ1) is 18.8. The second-order valence-corrected chi connectivity index (χ2v) is 7.59. The van der Waals surface area contributed by atoms with Crippen LogP contribution >= 0.6 is 15.9 Å². The molecule has 0 bridgehead atoms. The van der Waals surface area contributed by atoms with Crippen LogP contribution in [-0.2, 0) is 6.54 Å². The highest BCUT2D eigenvalue weighted by atomic mass is 79.9. The molecule has 2 aromatic carbocycles. The zero-order valence-corrected chi connectivity index (χ0v) is 16.7. The van der Waals surface area contributed by atoms with Crippen molar-refractivity contribution in [2.45, 2.75) is 6.54 Å². The molecule has 1 aromatic heterocycles. The average Bonchev–Trinajstić information content (AvgIpc) is 2.70. The molecular weight excluding hydrogens is 425 g/mol. The van der Waals surface area contributed by atoms with Crippen LogP contribution in [0.3, 0.4) is 0 Å². The topological polar surface area (TPSA) is 75.3 Å². The number of hydrogen-bond acceptors (Lipinski definition) is 5. The summed E-state index contributed by atoms with van der Waals surface area (Å²) in [6, 6.07) is 11.8. The van der Waals surface area contributed by atoms with Crippen LogP contribution in [0, 0.1) is 5.82 Å². The van der Waals surface area contributed by atoms with Gasteiger partial charge in [-0.2, -0.15) is 0 Å². The number of para-hydroxylation sites is 1. The van der Waals surface area contributed by atoms with E-state index in [1.807, 2.05) is 24.3 Å². The summed E-state index contributed by atoms with van der Waals surface area (Å²) in [4.78, 5) is 25.6. The molecule has 0 radical (unpaired) electrons. The molecule has 1 saturated heterocycles. The Balaban J connectivity index is 1.42. The fourth-order valence-electron chi connectivity index (χ4n) is 3.36. The van der Waals surface area contributed by atoms with Crippen molar-refractivity contribution < 1.29 is 9.18 Å².